The summed E-state index contributed by atoms with van der Waals surface area (Å²) in [5.74, 6) is 0.534. The van der Waals surface area contributed by atoms with E-state index in [1.807, 2.05) is 0 Å². The van der Waals surface area contributed by atoms with Gasteiger partial charge in [-0.25, -0.2) is 4.68 Å². The smallest absolute Gasteiger partial charge is 0.416 e. The number of nitrogens with zero attached hydrogens (tertiary/aromatic N) is 3. The predicted octanol–water partition coefficient (Wildman–Crippen LogP) is 2.52. The molecule has 1 amide bonds. The summed E-state index contributed by atoms with van der Waals surface area (Å²) in [6, 6.07) is 11.7. The topological polar surface area (TPSA) is 98.5 Å². The van der Waals surface area contributed by atoms with E-state index in [0.29, 0.717) is 17.1 Å². The molecule has 0 bridgehead atoms. The molecule has 3 aromatic rings. The van der Waals surface area contributed by atoms with E-state index < -0.39 is 23.8 Å². The highest BCUT2D eigenvalue weighted by atomic mass is 19.4. The number of amides is 1. The van der Waals surface area contributed by atoms with Crippen molar-refractivity contribution in [2.45, 2.75) is 18.8 Å². The Hall–Kier alpha value is -3.60. The number of ether oxygens (including phenoxy) is 2. The SMILES string of the molecule is COc1cccc(OC[C@H](O)CNC(=O)c2cn(Cc3cccc(C(F)(F)F)c3)nn2)c1. The summed E-state index contributed by atoms with van der Waals surface area (Å²) < 4.78 is 50.3. The fourth-order valence-electron chi connectivity index (χ4n) is 2.76. The summed E-state index contributed by atoms with van der Waals surface area (Å²) in [7, 11) is 1.53. The molecule has 0 radical (unpaired) electrons. The molecule has 0 saturated carbocycles. The molecule has 0 aliphatic heterocycles. The van der Waals surface area contributed by atoms with Crippen LogP contribution in [0.15, 0.2) is 54.7 Å². The van der Waals surface area contributed by atoms with Crippen LogP contribution in [0.5, 0.6) is 11.5 Å². The number of hydrogen-bond acceptors (Lipinski definition) is 6. The average Bonchev–Trinajstić information content (AvgIpc) is 3.24. The summed E-state index contributed by atoms with van der Waals surface area (Å²) in [5, 5.41) is 20.0. The second kappa shape index (κ2) is 10.1. The van der Waals surface area contributed by atoms with Gasteiger partial charge >= 0.3 is 6.18 Å². The zero-order valence-corrected chi connectivity index (χ0v) is 17.0. The summed E-state index contributed by atoms with van der Waals surface area (Å²) in [6.07, 6.45) is -4.11. The molecule has 0 saturated heterocycles. The van der Waals surface area contributed by atoms with E-state index in [4.69, 9.17) is 9.47 Å². The van der Waals surface area contributed by atoms with Crippen LogP contribution in [-0.2, 0) is 12.7 Å². The molecule has 1 heterocycles. The third kappa shape index (κ3) is 6.45. The number of benzene rings is 2. The van der Waals surface area contributed by atoms with Gasteiger partial charge in [0.2, 0.25) is 0 Å². The number of hydrogen-bond donors (Lipinski definition) is 2. The van der Waals surface area contributed by atoms with E-state index in [-0.39, 0.29) is 25.4 Å². The van der Waals surface area contributed by atoms with Crippen LogP contribution in [-0.4, -0.2) is 52.4 Å². The average molecular weight is 450 g/mol. The van der Waals surface area contributed by atoms with Crippen molar-refractivity contribution in [3.63, 3.8) is 0 Å². The van der Waals surface area contributed by atoms with Gasteiger partial charge in [-0.1, -0.05) is 23.4 Å². The standard InChI is InChI=1S/C21H21F3N4O4/c1-31-17-6-3-7-18(9-17)32-13-16(29)10-25-20(30)19-12-28(27-26-19)11-14-4-2-5-15(8-14)21(22,23)24/h2-9,12,16,29H,10-11,13H2,1H3,(H,25,30)/t16-/m1/s1. The van der Waals surface area contributed by atoms with Crippen LogP contribution in [0.25, 0.3) is 0 Å². The van der Waals surface area contributed by atoms with Gasteiger partial charge in [-0.15, -0.1) is 5.10 Å². The Kier molecular flexibility index (Phi) is 7.31. The van der Waals surface area contributed by atoms with Crippen molar-refractivity contribution in [3.05, 3.63) is 71.5 Å². The van der Waals surface area contributed by atoms with Crippen molar-refractivity contribution in [2.24, 2.45) is 0 Å². The number of alkyl halides is 3. The molecule has 170 valence electrons. The Labute approximate surface area is 181 Å². The van der Waals surface area contributed by atoms with Crippen LogP contribution in [0.2, 0.25) is 0 Å². The molecule has 0 fully saturated rings. The molecule has 0 spiro atoms. The second-order valence-electron chi connectivity index (χ2n) is 6.85. The third-order valence-electron chi connectivity index (χ3n) is 4.35. The maximum absolute atomic E-state index is 12.8. The molecule has 1 aromatic heterocycles. The highest BCUT2D eigenvalue weighted by Gasteiger charge is 2.30. The second-order valence-corrected chi connectivity index (χ2v) is 6.85. The van der Waals surface area contributed by atoms with Crippen molar-refractivity contribution in [1.82, 2.24) is 20.3 Å². The van der Waals surface area contributed by atoms with E-state index in [1.54, 1.807) is 24.3 Å². The molecule has 2 aromatic carbocycles. The Morgan fingerprint density at radius 2 is 1.94 bits per heavy atom. The Balaban J connectivity index is 1.49. The number of rotatable bonds is 9. The number of aliphatic hydroxyl groups is 1. The lowest BCUT2D eigenvalue weighted by Gasteiger charge is -2.13. The maximum Gasteiger partial charge on any atom is 0.416 e. The van der Waals surface area contributed by atoms with Gasteiger partial charge < -0.3 is 19.9 Å². The number of methoxy groups -OCH3 is 1. The zero-order chi connectivity index (χ0) is 23.1. The van der Waals surface area contributed by atoms with Crippen LogP contribution in [0, 0.1) is 0 Å². The lowest BCUT2D eigenvalue weighted by atomic mass is 10.1. The minimum atomic E-state index is -4.44. The van der Waals surface area contributed by atoms with Gasteiger partial charge in [0, 0.05) is 12.6 Å². The normalized spacial score (nSPS) is 12.3. The number of aliphatic hydroxyl groups excluding tert-OH is 1. The van der Waals surface area contributed by atoms with E-state index >= 15 is 0 Å². The molecule has 2 N–H and O–H groups in total. The van der Waals surface area contributed by atoms with Crippen molar-refractivity contribution in [2.75, 3.05) is 20.3 Å². The number of halogens is 3. The number of aromatic nitrogens is 3. The third-order valence-corrected chi connectivity index (χ3v) is 4.35. The van der Waals surface area contributed by atoms with Crippen LogP contribution in [0.3, 0.4) is 0 Å². The van der Waals surface area contributed by atoms with Crippen molar-refractivity contribution in [1.29, 1.82) is 0 Å². The van der Waals surface area contributed by atoms with E-state index in [1.165, 1.54) is 30.1 Å². The summed E-state index contributed by atoms with van der Waals surface area (Å²) in [6.45, 7) is -0.139. The fourth-order valence-corrected chi connectivity index (χ4v) is 2.76. The largest absolute Gasteiger partial charge is 0.497 e. The lowest BCUT2D eigenvalue weighted by molar-refractivity contribution is -0.137. The van der Waals surface area contributed by atoms with Crippen LogP contribution < -0.4 is 14.8 Å². The van der Waals surface area contributed by atoms with Gasteiger partial charge in [0.1, 0.15) is 24.2 Å². The van der Waals surface area contributed by atoms with Gasteiger partial charge in [-0.3, -0.25) is 4.79 Å². The van der Waals surface area contributed by atoms with Gasteiger partial charge in [-0.2, -0.15) is 13.2 Å². The monoisotopic (exact) mass is 450 g/mol. The molecular formula is C21H21F3N4O4. The Morgan fingerprint density at radius 3 is 2.69 bits per heavy atom. The Bertz CT molecular complexity index is 1060. The van der Waals surface area contributed by atoms with Crippen molar-refractivity contribution >= 4 is 5.91 Å². The van der Waals surface area contributed by atoms with Crippen LogP contribution in [0.1, 0.15) is 21.6 Å². The van der Waals surface area contributed by atoms with Crippen molar-refractivity contribution < 1.29 is 32.5 Å². The molecule has 3 rings (SSSR count). The first-order valence-electron chi connectivity index (χ1n) is 9.54. The molecule has 11 heteroatoms. The highest BCUT2D eigenvalue weighted by molar-refractivity contribution is 5.91. The first kappa shape index (κ1) is 23.1. The summed E-state index contributed by atoms with van der Waals surface area (Å²) in [4.78, 5) is 12.2. The fraction of sp³-hybridized carbons (Fsp3) is 0.286. The lowest BCUT2D eigenvalue weighted by Crippen LogP contribution is -2.35. The first-order valence-corrected chi connectivity index (χ1v) is 9.54. The van der Waals surface area contributed by atoms with Gasteiger partial charge in [0.25, 0.3) is 5.91 Å². The summed E-state index contributed by atoms with van der Waals surface area (Å²) in [5.41, 5.74) is -0.432. The zero-order valence-electron chi connectivity index (χ0n) is 17.0. The minimum absolute atomic E-state index is 0.0151. The highest BCUT2D eigenvalue weighted by Crippen LogP contribution is 2.29. The molecule has 0 aliphatic rings. The van der Waals surface area contributed by atoms with Crippen molar-refractivity contribution in [3.8, 4) is 11.5 Å². The molecule has 8 nitrogen and oxygen atoms in total. The first-order chi connectivity index (χ1) is 15.2. The molecular weight excluding hydrogens is 429 g/mol. The minimum Gasteiger partial charge on any atom is -0.497 e. The Morgan fingerprint density at radius 1 is 1.19 bits per heavy atom. The van der Waals surface area contributed by atoms with Gasteiger partial charge in [0.15, 0.2) is 5.69 Å². The van der Waals surface area contributed by atoms with Crippen LogP contribution >= 0.6 is 0 Å². The van der Waals surface area contributed by atoms with Gasteiger partial charge in [-0.05, 0) is 29.8 Å². The molecule has 0 unspecified atom stereocenters. The van der Waals surface area contributed by atoms with Gasteiger partial charge in [0.05, 0.1) is 25.4 Å². The maximum atomic E-state index is 12.8. The predicted molar refractivity (Wildman–Crippen MR) is 107 cm³/mol. The van der Waals surface area contributed by atoms with Crippen LogP contribution in [0.4, 0.5) is 13.2 Å². The summed E-state index contributed by atoms with van der Waals surface area (Å²) >= 11 is 0. The number of nitrogens with one attached hydrogen (secondary N) is 1. The molecule has 32 heavy (non-hydrogen) atoms. The van der Waals surface area contributed by atoms with E-state index in [2.05, 4.69) is 15.6 Å². The quantitative estimate of drug-likeness (QED) is 0.520. The molecule has 1 atom stereocenters. The van der Waals surface area contributed by atoms with E-state index in [0.717, 1.165) is 12.1 Å². The number of carbonyl (C=O) groups is 1. The molecule has 0 aliphatic carbocycles. The van der Waals surface area contributed by atoms with E-state index in [9.17, 15) is 23.1 Å². The number of carbonyl (C=O) groups excluding carboxylic acids is 1.